The highest BCUT2D eigenvalue weighted by atomic mass is 32.1. The van der Waals surface area contributed by atoms with Gasteiger partial charge in [-0.05, 0) is 90.3 Å². The van der Waals surface area contributed by atoms with Crippen molar-refractivity contribution >= 4 is 12.6 Å². The molecule has 4 rings (SSSR count). The summed E-state index contributed by atoms with van der Waals surface area (Å²) in [4.78, 5) is 0.919. The second-order valence-corrected chi connectivity index (χ2v) is 10.1. The Morgan fingerprint density at radius 3 is 1.83 bits per heavy atom. The van der Waals surface area contributed by atoms with Gasteiger partial charge in [-0.3, -0.25) is 0 Å². The molecule has 3 aromatic carbocycles. The second kappa shape index (κ2) is 8.03. The number of thiol groups is 1. The fourth-order valence-electron chi connectivity index (χ4n) is 5.45. The van der Waals surface area contributed by atoms with Crippen LogP contribution in [0.15, 0.2) is 77.7 Å². The molecule has 2 nitrogen and oxygen atoms in total. The van der Waals surface area contributed by atoms with Crippen LogP contribution < -0.4 is 4.74 Å². The van der Waals surface area contributed by atoms with Crippen molar-refractivity contribution < 1.29 is 9.84 Å². The van der Waals surface area contributed by atoms with Gasteiger partial charge in [0, 0.05) is 10.3 Å². The maximum Gasteiger partial charge on any atom is 0.127 e. The number of rotatable bonds is 4. The Labute approximate surface area is 185 Å². The Morgan fingerprint density at radius 1 is 0.800 bits per heavy atom. The Hall–Kier alpha value is -2.39. The van der Waals surface area contributed by atoms with Crippen LogP contribution in [0.5, 0.6) is 17.2 Å². The molecule has 0 radical (unpaired) electrons. The molecule has 156 valence electrons. The van der Waals surface area contributed by atoms with Crippen LogP contribution in [0.3, 0.4) is 0 Å². The number of ether oxygens (including phenoxy) is 1. The van der Waals surface area contributed by atoms with Gasteiger partial charge >= 0.3 is 0 Å². The molecular formula is C27H30O2S. The van der Waals surface area contributed by atoms with E-state index in [0.29, 0.717) is 11.7 Å². The first kappa shape index (κ1) is 20.9. The number of aromatic hydroxyl groups is 1. The fraction of sp³-hybridized carbons (Fsp3) is 0.333. The number of hydrogen-bond acceptors (Lipinski definition) is 3. The summed E-state index contributed by atoms with van der Waals surface area (Å²) in [6.45, 7) is 7.11. The van der Waals surface area contributed by atoms with Crippen LogP contribution in [0, 0.1) is 11.3 Å². The Balaban J connectivity index is 1.70. The van der Waals surface area contributed by atoms with Gasteiger partial charge in [-0.15, -0.1) is 12.6 Å². The SMILES string of the molecule is CC1CC(C)(C)CC(c2ccc(O)cc2)(c2ccc(Oc3ccc(S)cc3)cc2)C1. The molecule has 30 heavy (non-hydrogen) atoms. The lowest BCUT2D eigenvalue weighted by molar-refractivity contribution is 0.127. The fourth-order valence-corrected chi connectivity index (χ4v) is 5.60. The van der Waals surface area contributed by atoms with Gasteiger partial charge in [0.15, 0.2) is 0 Å². The molecule has 1 saturated carbocycles. The summed E-state index contributed by atoms with van der Waals surface area (Å²) in [5, 5.41) is 9.84. The molecule has 0 saturated heterocycles. The molecule has 0 heterocycles. The minimum absolute atomic E-state index is 0.0684. The molecule has 0 aliphatic heterocycles. The van der Waals surface area contributed by atoms with Gasteiger partial charge in [0.05, 0.1) is 0 Å². The lowest BCUT2D eigenvalue weighted by atomic mass is 9.55. The number of hydrogen-bond donors (Lipinski definition) is 2. The molecule has 3 aromatic rings. The summed E-state index contributed by atoms with van der Waals surface area (Å²) >= 11 is 4.33. The highest BCUT2D eigenvalue weighted by Crippen LogP contribution is 2.53. The Bertz CT molecular complexity index is 991. The van der Waals surface area contributed by atoms with E-state index >= 15 is 0 Å². The third-order valence-electron chi connectivity index (χ3n) is 6.28. The van der Waals surface area contributed by atoms with Gasteiger partial charge < -0.3 is 9.84 Å². The monoisotopic (exact) mass is 418 g/mol. The highest BCUT2D eigenvalue weighted by Gasteiger charge is 2.45. The van der Waals surface area contributed by atoms with E-state index in [0.717, 1.165) is 29.2 Å². The lowest BCUT2D eigenvalue weighted by Crippen LogP contribution is -2.41. The van der Waals surface area contributed by atoms with E-state index in [4.69, 9.17) is 4.74 Å². The molecule has 0 spiro atoms. The molecule has 0 bridgehead atoms. The van der Waals surface area contributed by atoms with E-state index in [1.165, 1.54) is 17.5 Å². The largest absolute Gasteiger partial charge is 0.508 e. The van der Waals surface area contributed by atoms with Crippen molar-refractivity contribution in [1.29, 1.82) is 0 Å². The Kier molecular flexibility index (Phi) is 5.59. The summed E-state index contributed by atoms with van der Waals surface area (Å²) < 4.78 is 6.03. The van der Waals surface area contributed by atoms with Crippen LogP contribution in [0.1, 0.15) is 51.2 Å². The van der Waals surface area contributed by atoms with Crippen LogP contribution >= 0.6 is 12.6 Å². The van der Waals surface area contributed by atoms with Gasteiger partial charge in [0.25, 0.3) is 0 Å². The highest BCUT2D eigenvalue weighted by molar-refractivity contribution is 7.80. The zero-order valence-electron chi connectivity index (χ0n) is 17.9. The van der Waals surface area contributed by atoms with Crippen molar-refractivity contribution in [1.82, 2.24) is 0 Å². The summed E-state index contributed by atoms with van der Waals surface area (Å²) in [5.41, 5.74) is 2.77. The topological polar surface area (TPSA) is 29.5 Å². The van der Waals surface area contributed by atoms with E-state index in [9.17, 15) is 5.11 Å². The van der Waals surface area contributed by atoms with Crippen molar-refractivity contribution in [2.75, 3.05) is 0 Å². The van der Waals surface area contributed by atoms with Crippen LogP contribution in [-0.2, 0) is 5.41 Å². The van der Waals surface area contributed by atoms with E-state index in [-0.39, 0.29) is 10.8 Å². The van der Waals surface area contributed by atoms with Gasteiger partial charge in [-0.25, -0.2) is 0 Å². The zero-order chi connectivity index (χ0) is 21.4. The summed E-state index contributed by atoms with van der Waals surface area (Å²) in [5.74, 6) is 2.57. The maximum absolute atomic E-state index is 9.84. The molecular weight excluding hydrogens is 388 g/mol. The normalized spacial score (nSPS) is 23.1. The van der Waals surface area contributed by atoms with E-state index in [1.54, 1.807) is 0 Å². The minimum Gasteiger partial charge on any atom is -0.508 e. The maximum atomic E-state index is 9.84. The van der Waals surface area contributed by atoms with Crippen LogP contribution in [-0.4, -0.2) is 5.11 Å². The van der Waals surface area contributed by atoms with Crippen LogP contribution in [0.2, 0.25) is 0 Å². The smallest absolute Gasteiger partial charge is 0.127 e. The van der Waals surface area contributed by atoms with Crippen LogP contribution in [0.25, 0.3) is 0 Å². The summed E-state index contributed by atoms with van der Waals surface area (Å²) in [6, 6.07) is 24.1. The predicted molar refractivity (Wildman–Crippen MR) is 126 cm³/mol. The number of benzene rings is 3. The van der Waals surface area contributed by atoms with Crippen molar-refractivity contribution in [2.24, 2.45) is 11.3 Å². The lowest BCUT2D eigenvalue weighted by Gasteiger charge is -2.48. The molecule has 3 heteroatoms. The summed E-state index contributed by atoms with van der Waals surface area (Å²) in [6.07, 6.45) is 3.42. The van der Waals surface area contributed by atoms with Crippen molar-refractivity contribution in [3.8, 4) is 17.2 Å². The quantitative estimate of drug-likeness (QED) is 0.427. The summed E-state index contributed by atoms with van der Waals surface area (Å²) in [7, 11) is 0. The molecule has 0 aromatic heterocycles. The first-order chi connectivity index (χ1) is 14.3. The first-order valence-electron chi connectivity index (χ1n) is 10.6. The van der Waals surface area contributed by atoms with Gasteiger partial charge in [-0.1, -0.05) is 45.0 Å². The predicted octanol–water partition coefficient (Wildman–Crippen LogP) is 7.61. The average molecular weight is 419 g/mol. The van der Waals surface area contributed by atoms with E-state index < -0.39 is 0 Å². The van der Waals surface area contributed by atoms with E-state index in [1.807, 2.05) is 36.4 Å². The Morgan fingerprint density at radius 2 is 1.30 bits per heavy atom. The van der Waals surface area contributed by atoms with Gasteiger partial charge in [0.2, 0.25) is 0 Å². The molecule has 2 unspecified atom stereocenters. The first-order valence-corrected chi connectivity index (χ1v) is 11.1. The average Bonchev–Trinajstić information content (AvgIpc) is 2.69. The molecule has 0 amide bonds. The molecule has 1 aliphatic rings. The third kappa shape index (κ3) is 4.37. The number of phenolic OH excluding ortho intramolecular Hbond substituents is 1. The van der Waals surface area contributed by atoms with Crippen molar-refractivity contribution in [3.05, 3.63) is 83.9 Å². The van der Waals surface area contributed by atoms with Gasteiger partial charge in [-0.2, -0.15) is 0 Å². The van der Waals surface area contributed by atoms with Crippen LogP contribution in [0.4, 0.5) is 0 Å². The van der Waals surface area contributed by atoms with Crippen molar-refractivity contribution in [3.63, 3.8) is 0 Å². The van der Waals surface area contributed by atoms with E-state index in [2.05, 4.69) is 69.8 Å². The van der Waals surface area contributed by atoms with Crippen molar-refractivity contribution in [2.45, 2.75) is 50.3 Å². The number of phenols is 1. The molecule has 1 aliphatic carbocycles. The molecule has 2 atom stereocenters. The molecule has 1 fully saturated rings. The zero-order valence-corrected chi connectivity index (χ0v) is 18.8. The standard InChI is InChI=1S/C27H30O2S/c1-19-16-26(2,3)18-27(17-19,20-4-8-22(28)9-5-20)21-6-10-23(11-7-21)29-24-12-14-25(30)15-13-24/h4-15,19,28,30H,16-18H2,1-3H3. The second-order valence-electron chi connectivity index (χ2n) is 9.60. The minimum atomic E-state index is -0.0684. The third-order valence-corrected chi connectivity index (χ3v) is 6.58. The molecule has 1 N–H and O–H groups in total. The van der Waals surface area contributed by atoms with Gasteiger partial charge in [0.1, 0.15) is 17.2 Å².